The zero-order valence-electron chi connectivity index (χ0n) is 17.0. The lowest BCUT2D eigenvalue weighted by molar-refractivity contribution is -0.140. The maximum atomic E-state index is 12.6. The number of benzene rings is 2. The van der Waals surface area contributed by atoms with Crippen LogP contribution >= 0.6 is 0 Å². The van der Waals surface area contributed by atoms with Gasteiger partial charge in [-0.3, -0.25) is 9.59 Å². The Balaban J connectivity index is 1.94. The summed E-state index contributed by atoms with van der Waals surface area (Å²) < 4.78 is 5.15. The normalized spacial score (nSPS) is 11.5. The summed E-state index contributed by atoms with van der Waals surface area (Å²) in [6.45, 7) is 4.72. The topological polar surface area (TPSA) is 58.6 Å². The first-order valence-corrected chi connectivity index (χ1v) is 9.79. The van der Waals surface area contributed by atoms with E-state index in [0.717, 1.165) is 29.7 Å². The molecule has 0 aromatic heterocycles. The van der Waals surface area contributed by atoms with E-state index in [-0.39, 0.29) is 11.8 Å². The number of ether oxygens (including phenoxy) is 1. The zero-order chi connectivity index (χ0) is 20.4. The van der Waals surface area contributed by atoms with E-state index in [1.54, 1.807) is 18.9 Å². The molecule has 2 aromatic rings. The molecule has 0 aliphatic carbocycles. The molecule has 0 unspecified atom stereocenters. The molecule has 0 radical (unpaired) electrons. The molecule has 1 atom stereocenters. The predicted molar refractivity (Wildman–Crippen MR) is 111 cm³/mol. The van der Waals surface area contributed by atoms with Gasteiger partial charge in [-0.05, 0) is 43.0 Å². The Morgan fingerprint density at radius 2 is 1.71 bits per heavy atom. The molecule has 1 N–H and O–H groups in total. The number of rotatable bonds is 10. The molecule has 0 heterocycles. The molecule has 0 fully saturated rings. The molecule has 0 aliphatic rings. The van der Waals surface area contributed by atoms with Gasteiger partial charge < -0.3 is 15.0 Å². The van der Waals surface area contributed by atoms with Gasteiger partial charge in [0.2, 0.25) is 11.8 Å². The van der Waals surface area contributed by atoms with Gasteiger partial charge in [0.15, 0.2) is 0 Å². The van der Waals surface area contributed by atoms with Gasteiger partial charge in [-0.2, -0.15) is 0 Å². The molecule has 5 heteroatoms. The summed E-state index contributed by atoms with van der Waals surface area (Å²) >= 11 is 0. The van der Waals surface area contributed by atoms with Crippen LogP contribution in [0.2, 0.25) is 0 Å². The predicted octanol–water partition coefficient (Wildman–Crippen LogP) is 3.57. The first-order chi connectivity index (χ1) is 13.5. The number of carbonyl (C=O) groups is 2. The highest BCUT2D eigenvalue weighted by atomic mass is 16.5. The van der Waals surface area contributed by atoms with E-state index >= 15 is 0 Å². The summed E-state index contributed by atoms with van der Waals surface area (Å²) in [5, 5.41) is 2.96. The van der Waals surface area contributed by atoms with Crippen LogP contribution in [0.15, 0.2) is 54.6 Å². The third-order valence-corrected chi connectivity index (χ3v) is 4.70. The Morgan fingerprint density at radius 1 is 1.04 bits per heavy atom. The molecule has 2 rings (SSSR count). The molecular formula is C23H30N2O3. The summed E-state index contributed by atoms with van der Waals surface area (Å²) in [4.78, 5) is 26.9. The van der Waals surface area contributed by atoms with Gasteiger partial charge in [0.25, 0.3) is 0 Å². The smallest absolute Gasteiger partial charge is 0.242 e. The Labute approximate surface area is 167 Å². The second-order valence-electron chi connectivity index (χ2n) is 6.82. The molecule has 2 amide bonds. The van der Waals surface area contributed by atoms with Crippen LogP contribution in [-0.2, 0) is 22.6 Å². The highest BCUT2D eigenvalue weighted by Gasteiger charge is 2.25. The molecular weight excluding hydrogens is 352 g/mol. The fourth-order valence-electron chi connectivity index (χ4n) is 2.99. The molecule has 0 spiro atoms. The Kier molecular flexibility index (Phi) is 8.53. The van der Waals surface area contributed by atoms with Crippen LogP contribution in [0, 0.1) is 0 Å². The summed E-state index contributed by atoms with van der Waals surface area (Å²) in [5.74, 6) is 0.686. The van der Waals surface area contributed by atoms with E-state index < -0.39 is 6.04 Å². The van der Waals surface area contributed by atoms with Gasteiger partial charge in [-0.1, -0.05) is 49.4 Å². The van der Waals surface area contributed by atoms with Gasteiger partial charge in [-0.25, -0.2) is 0 Å². The van der Waals surface area contributed by atoms with Gasteiger partial charge in [0.1, 0.15) is 11.8 Å². The molecule has 0 saturated heterocycles. The minimum atomic E-state index is -0.518. The van der Waals surface area contributed by atoms with Gasteiger partial charge in [0.05, 0.1) is 7.11 Å². The van der Waals surface area contributed by atoms with Crippen LogP contribution in [0.3, 0.4) is 0 Å². The van der Waals surface area contributed by atoms with Crippen molar-refractivity contribution in [3.05, 3.63) is 65.7 Å². The summed E-state index contributed by atoms with van der Waals surface area (Å²) in [5.41, 5.74) is 2.14. The van der Waals surface area contributed by atoms with Crippen molar-refractivity contribution < 1.29 is 14.3 Å². The zero-order valence-corrected chi connectivity index (χ0v) is 17.0. The molecule has 0 aliphatic heterocycles. The van der Waals surface area contributed by atoms with Crippen molar-refractivity contribution in [2.45, 2.75) is 45.7 Å². The van der Waals surface area contributed by atoms with E-state index in [0.29, 0.717) is 19.5 Å². The van der Waals surface area contributed by atoms with Crippen molar-refractivity contribution >= 4 is 11.8 Å². The van der Waals surface area contributed by atoms with Gasteiger partial charge in [0, 0.05) is 19.5 Å². The largest absolute Gasteiger partial charge is 0.497 e. The van der Waals surface area contributed by atoms with Gasteiger partial charge in [-0.15, -0.1) is 0 Å². The average Bonchev–Trinajstić information content (AvgIpc) is 2.72. The molecule has 2 aromatic carbocycles. The van der Waals surface area contributed by atoms with Crippen LogP contribution in [0.4, 0.5) is 0 Å². The second-order valence-corrected chi connectivity index (χ2v) is 6.82. The lowest BCUT2D eigenvalue weighted by Gasteiger charge is -2.28. The Hall–Kier alpha value is -2.82. The van der Waals surface area contributed by atoms with Crippen molar-refractivity contribution in [1.29, 1.82) is 0 Å². The lowest BCUT2D eigenvalue weighted by atomic mass is 10.1. The van der Waals surface area contributed by atoms with Crippen LogP contribution in [0.1, 0.15) is 37.8 Å². The summed E-state index contributed by atoms with van der Waals surface area (Å²) in [6, 6.07) is 17.0. The molecule has 0 bridgehead atoms. The molecule has 28 heavy (non-hydrogen) atoms. The lowest BCUT2D eigenvalue weighted by Crippen LogP contribution is -2.47. The molecule has 0 saturated carbocycles. The van der Waals surface area contributed by atoms with Crippen LogP contribution < -0.4 is 10.1 Å². The maximum absolute atomic E-state index is 12.6. The fraction of sp³-hybridized carbons (Fsp3) is 0.391. The highest BCUT2D eigenvalue weighted by Crippen LogP contribution is 2.13. The quantitative estimate of drug-likeness (QED) is 0.683. The minimum absolute atomic E-state index is 0.00385. The average molecular weight is 383 g/mol. The van der Waals surface area contributed by atoms with E-state index in [9.17, 15) is 9.59 Å². The van der Waals surface area contributed by atoms with Crippen molar-refractivity contribution in [3.8, 4) is 5.75 Å². The third kappa shape index (κ3) is 6.41. The number of nitrogens with one attached hydrogen (secondary N) is 1. The second kappa shape index (κ2) is 11.1. The number of methoxy groups -OCH3 is 1. The van der Waals surface area contributed by atoms with E-state index in [4.69, 9.17) is 4.74 Å². The van der Waals surface area contributed by atoms with Crippen molar-refractivity contribution in [2.75, 3.05) is 13.7 Å². The van der Waals surface area contributed by atoms with Gasteiger partial charge >= 0.3 is 0 Å². The number of amides is 2. The first-order valence-electron chi connectivity index (χ1n) is 9.79. The minimum Gasteiger partial charge on any atom is -0.497 e. The maximum Gasteiger partial charge on any atom is 0.242 e. The van der Waals surface area contributed by atoms with Crippen molar-refractivity contribution in [2.24, 2.45) is 0 Å². The Bertz CT molecular complexity index is 744. The first kappa shape index (κ1) is 21.5. The SMILES string of the molecule is CCCC(=O)N(Cc1ccccc1)[C@@H](C)C(=O)NCCc1ccc(OC)cc1. The number of hydrogen-bond acceptors (Lipinski definition) is 3. The van der Waals surface area contributed by atoms with E-state index in [1.807, 2.05) is 61.5 Å². The Morgan fingerprint density at radius 3 is 2.32 bits per heavy atom. The van der Waals surface area contributed by atoms with Crippen LogP contribution in [0.25, 0.3) is 0 Å². The third-order valence-electron chi connectivity index (χ3n) is 4.70. The fourth-order valence-corrected chi connectivity index (χ4v) is 2.99. The van der Waals surface area contributed by atoms with E-state index in [2.05, 4.69) is 5.32 Å². The van der Waals surface area contributed by atoms with Crippen LogP contribution in [-0.4, -0.2) is 36.4 Å². The standard InChI is InChI=1S/C23H30N2O3/c1-4-8-22(26)25(17-20-9-6-5-7-10-20)18(2)23(27)24-16-15-19-11-13-21(28-3)14-12-19/h5-7,9-14,18H,4,8,15-17H2,1-3H3,(H,24,27)/t18-/m0/s1. The van der Waals surface area contributed by atoms with E-state index in [1.165, 1.54) is 0 Å². The number of nitrogens with zero attached hydrogens (tertiary/aromatic N) is 1. The monoisotopic (exact) mass is 382 g/mol. The summed E-state index contributed by atoms with van der Waals surface area (Å²) in [7, 11) is 1.64. The van der Waals surface area contributed by atoms with Crippen molar-refractivity contribution in [1.82, 2.24) is 10.2 Å². The summed E-state index contributed by atoms with van der Waals surface area (Å²) in [6.07, 6.45) is 1.93. The van der Waals surface area contributed by atoms with Crippen molar-refractivity contribution in [3.63, 3.8) is 0 Å². The molecule has 5 nitrogen and oxygen atoms in total. The molecule has 150 valence electrons. The number of carbonyl (C=O) groups excluding carboxylic acids is 2. The number of hydrogen-bond donors (Lipinski definition) is 1. The highest BCUT2D eigenvalue weighted by molar-refractivity contribution is 5.87. The van der Waals surface area contributed by atoms with Crippen LogP contribution in [0.5, 0.6) is 5.75 Å².